The Kier molecular flexibility index (Phi) is 7.78. The summed E-state index contributed by atoms with van der Waals surface area (Å²) in [5.74, 6) is -0.810. The zero-order valence-corrected chi connectivity index (χ0v) is 20.7. The molecule has 0 saturated heterocycles. The van der Waals surface area contributed by atoms with Crippen molar-refractivity contribution >= 4 is 34.3 Å². The Hall–Kier alpha value is -3.18. The number of nitrogens with two attached hydrogens (primary N) is 1. The molecule has 3 rings (SSSR count). The standard InChI is InChI=1S/C23H29N5O5S/c1-13(2)10-27-19(24)18(21(31)26(4)23(27)32)17(29)12-34-22-25-16-9-7-6-8-15(16)20(30)28(22)14(3)11-33-5/h6-9,13-14H,10-12,24H2,1-5H3. The molecule has 2 aromatic heterocycles. The molecule has 0 aliphatic heterocycles. The lowest BCUT2D eigenvalue weighted by Crippen LogP contribution is -2.43. The quantitative estimate of drug-likeness (QED) is 0.274. The van der Waals surface area contributed by atoms with Crippen LogP contribution in [0.1, 0.15) is 37.2 Å². The number of thioether (sulfide) groups is 1. The van der Waals surface area contributed by atoms with Crippen molar-refractivity contribution in [1.82, 2.24) is 18.7 Å². The number of para-hydroxylation sites is 1. The SMILES string of the molecule is COCC(C)n1c(SCC(=O)c2c(N)n(CC(C)C)c(=O)n(C)c2=O)nc2ccccc2c1=O. The minimum Gasteiger partial charge on any atom is -0.384 e. The average molecular weight is 488 g/mol. The lowest BCUT2D eigenvalue weighted by Gasteiger charge is -2.19. The average Bonchev–Trinajstić information content (AvgIpc) is 2.79. The van der Waals surface area contributed by atoms with E-state index >= 15 is 0 Å². The second-order valence-electron chi connectivity index (χ2n) is 8.51. The van der Waals surface area contributed by atoms with E-state index in [0.29, 0.717) is 16.1 Å². The molecule has 0 saturated carbocycles. The first-order chi connectivity index (χ1) is 16.1. The van der Waals surface area contributed by atoms with E-state index in [1.165, 1.54) is 23.3 Å². The normalized spacial score (nSPS) is 12.4. The smallest absolute Gasteiger partial charge is 0.332 e. The van der Waals surface area contributed by atoms with Gasteiger partial charge in [0.2, 0.25) is 0 Å². The predicted molar refractivity (Wildman–Crippen MR) is 133 cm³/mol. The Morgan fingerprint density at radius 1 is 1.15 bits per heavy atom. The lowest BCUT2D eigenvalue weighted by molar-refractivity contribution is 0.102. The fourth-order valence-corrected chi connectivity index (χ4v) is 4.69. The molecule has 3 aromatic rings. The van der Waals surface area contributed by atoms with Gasteiger partial charge < -0.3 is 10.5 Å². The molecule has 0 radical (unpaired) electrons. The summed E-state index contributed by atoms with van der Waals surface area (Å²) in [6.45, 7) is 6.17. The van der Waals surface area contributed by atoms with Crippen LogP contribution in [0.25, 0.3) is 10.9 Å². The van der Waals surface area contributed by atoms with Crippen LogP contribution in [0.4, 0.5) is 5.82 Å². The highest BCUT2D eigenvalue weighted by molar-refractivity contribution is 7.99. The predicted octanol–water partition coefficient (Wildman–Crippen LogP) is 1.68. The Bertz CT molecular complexity index is 1410. The van der Waals surface area contributed by atoms with Crippen molar-refractivity contribution in [1.29, 1.82) is 0 Å². The van der Waals surface area contributed by atoms with Crippen LogP contribution < -0.4 is 22.5 Å². The Morgan fingerprint density at radius 2 is 1.82 bits per heavy atom. The van der Waals surface area contributed by atoms with E-state index in [1.807, 2.05) is 20.8 Å². The van der Waals surface area contributed by atoms with Crippen LogP contribution in [0, 0.1) is 5.92 Å². The summed E-state index contributed by atoms with van der Waals surface area (Å²) < 4.78 is 8.85. The van der Waals surface area contributed by atoms with E-state index in [0.717, 1.165) is 16.3 Å². The summed E-state index contributed by atoms with van der Waals surface area (Å²) in [6, 6.07) is 6.63. The number of Topliss-reactive ketones (excluding diaryl/α,β-unsaturated/α-hetero) is 1. The molecular formula is C23H29N5O5S. The molecular weight excluding hydrogens is 458 g/mol. The van der Waals surface area contributed by atoms with Gasteiger partial charge >= 0.3 is 5.69 Å². The van der Waals surface area contributed by atoms with Crippen LogP contribution in [0.5, 0.6) is 0 Å². The number of anilines is 1. The van der Waals surface area contributed by atoms with Crippen LogP contribution in [0.15, 0.2) is 43.8 Å². The molecule has 2 N–H and O–H groups in total. The van der Waals surface area contributed by atoms with Crippen molar-refractivity contribution < 1.29 is 9.53 Å². The first-order valence-corrected chi connectivity index (χ1v) is 11.8. The summed E-state index contributed by atoms with van der Waals surface area (Å²) in [6.07, 6.45) is 0. The maximum Gasteiger partial charge on any atom is 0.332 e. The molecule has 0 aliphatic carbocycles. The maximum atomic E-state index is 13.2. The monoisotopic (exact) mass is 487 g/mol. The highest BCUT2D eigenvalue weighted by atomic mass is 32.2. The number of hydrogen-bond donors (Lipinski definition) is 1. The number of ether oxygens (including phenoxy) is 1. The zero-order valence-electron chi connectivity index (χ0n) is 19.9. The van der Waals surface area contributed by atoms with Gasteiger partial charge in [-0.05, 0) is 25.0 Å². The van der Waals surface area contributed by atoms with Gasteiger partial charge in [-0.1, -0.05) is 37.7 Å². The van der Waals surface area contributed by atoms with Gasteiger partial charge in [0, 0.05) is 20.7 Å². The van der Waals surface area contributed by atoms with E-state index in [9.17, 15) is 19.2 Å². The van der Waals surface area contributed by atoms with Gasteiger partial charge in [0.15, 0.2) is 10.9 Å². The summed E-state index contributed by atoms with van der Waals surface area (Å²) in [7, 11) is 2.86. The van der Waals surface area contributed by atoms with Crippen molar-refractivity contribution in [3.63, 3.8) is 0 Å². The molecule has 2 heterocycles. The van der Waals surface area contributed by atoms with Gasteiger partial charge in [-0.25, -0.2) is 9.78 Å². The van der Waals surface area contributed by atoms with Crippen LogP contribution >= 0.6 is 11.8 Å². The summed E-state index contributed by atoms with van der Waals surface area (Å²) >= 11 is 1.04. The molecule has 1 atom stereocenters. The topological polar surface area (TPSA) is 131 Å². The molecule has 0 fully saturated rings. The number of rotatable bonds is 9. The highest BCUT2D eigenvalue weighted by Gasteiger charge is 2.24. The first kappa shape index (κ1) is 25.4. The number of methoxy groups -OCH3 is 1. The van der Waals surface area contributed by atoms with Crippen LogP contribution in [-0.2, 0) is 18.3 Å². The number of benzene rings is 1. The number of carbonyl (C=O) groups excluding carboxylic acids is 1. The molecule has 10 nitrogen and oxygen atoms in total. The molecule has 182 valence electrons. The highest BCUT2D eigenvalue weighted by Crippen LogP contribution is 2.22. The van der Waals surface area contributed by atoms with Gasteiger partial charge in [0.05, 0.1) is 29.3 Å². The molecule has 1 aromatic carbocycles. The van der Waals surface area contributed by atoms with E-state index in [-0.39, 0.29) is 47.8 Å². The number of nitrogen functional groups attached to an aromatic ring is 1. The van der Waals surface area contributed by atoms with Crippen molar-refractivity contribution in [2.75, 3.05) is 25.2 Å². The molecule has 0 amide bonds. The van der Waals surface area contributed by atoms with Gasteiger partial charge in [0.25, 0.3) is 11.1 Å². The first-order valence-electron chi connectivity index (χ1n) is 10.8. The molecule has 34 heavy (non-hydrogen) atoms. The third kappa shape index (κ3) is 4.85. The van der Waals surface area contributed by atoms with E-state index in [1.54, 1.807) is 24.3 Å². The number of hydrogen-bond acceptors (Lipinski definition) is 8. The van der Waals surface area contributed by atoms with Crippen molar-refractivity contribution in [3.05, 3.63) is 61.0 Å². The summed E-state index contributed by atoms with van der Waals surface area (Å²) in [5.41, 5.74) is 4.82. The minimum atomic E-state index is -0.746. The Balaban J connectivity index is 2.04. The van der Waals surface area contributed by atoms with Crippen LogP contribution in [0.3, 0.4) is 0 Å². The second-order valence-corrected chi connectivity index (χ2v) is 9.46. The third-order valence-corrected chi connectivity index (χ3v) is 6.32. The van der Waals surface area contributed by atoms with Crippen LogP contribution in [-0.4, -0.2) is 43.9 Å². The van der Waals surface area contributed by atoms with E-state index in [4.69, 9.17) is 10.5 Å². The van der Waals surface area contributed by atoms with Gasteiger partial charge in [-0.15, -0.1) is 0 Å². The second kappa shape index (κ2) is 10.4. The van der Waals surface area contributed by atoms with Crippen molar-refractivity contribution in [3.8, 4) is 0 Å². The number of nitrogens with zero attached hydrogens (tertiary/aromatic N) is 4. The van der Waals surface area contributed by atoms with E-state index < -0.39 is 17.0 Å². The van der Waals surface area contributed by atoms with Crippen molar-refractivity contribution in [2.24, 2.45) is 13.0 Å². The largest absolute Gasteiger partial charge is 0.384 e. The molecule has 0 bridgehead atoms. The van der Waals surface area contributed by atoms with Crippen molar-refractivity contribution in [2.45, 2.75) is 38.5 Å². The van der Waals surface area contributed by atoms with E-state index in [2.05, 4.69) is 4.98 Å². The van der Waals surface area contributed by atoms with Gasteiger partial charge in [0.1, 0.15) is 11.4 Å². The lowest BCUT2D eigenvalue weighted by atomic mass is 10.2. The molecule has 1 unspecified atom stereocenters. The Morgan fingerprint density at radius 3 is 2.47 bits per heavy atom. The number of ketones is 1. The third-order valence-electron chi connectivity index (χ3n) is 5.37. The van der Waals surface area contributed by atoms with Gasteiger partial charge in [-0.2, -0.15) is 0 Å². The van der Waals surface area contributed by atoms with Crippen LogP contribution in [0.2, 0.25) is 0 Å². The Labute approximate surface area is 200 Å². The number of carbonyl (C=O) groups is 1. The maximum absolute atomic E-state index is 13.2. The fourth-order valence-electron chi connectivity index (χ4n) is 3.72. The molecule has 11 heteroatoms. The zero-order chi connectivity index (χ0) is 25.2. The fraction of sp³-hybridized carbons (Fsp3) is 0.435. The van der Waals surface area contributed by atoms with Gasteiger partial charge in [-0.3, -0.25) is 28.1 Å². The molecule has 0 spiro atoms. The number of aromatic nitrogens is 4. The summed E-state index contributed by atoms with van der Waals surface area (Å²) in [4.78, 5) is 56.2. The molecule has 0 aliphatic rings. The number of fused-ring (bicyclic) bond motifs is 1. The summed E-state index contributed by atoms with van der Waals surface area (Å²) in [5, 5.41) is 0.785. The minimum absolute atomic E-state index is 0.0772.